The molecule has 0 amide bonds. The van der Waals surface area contributed by atoms with E-state index >= 15 is 0 Å². The molecule has 122 valence electrons. The summed E-state index contributed by atoms with van der Waals surface area (Å²) in [6.07, 6.45) is 1.20. The van der Waals surface area contributed by atoms with Gasteiger partial charge in [-0.05, 0) is 29.8 Å². The Kier molecular flexibility index (Phi) is 4.31. The average Bonchev–Trinajstić information content (AvgIpc) is 2.59. The van der Waals surface area contributed by atoms with Crippen LogP contribution < -0.4 is 0 Å². The van der Waals surface area contributed by atoms with E-state index in [2.05, 4.69) is 4.98 Å². The van der Waals surface area contributed by atoms with Crippen molar-refractivity contribution in [3.63, 3.8) is 0 Å². The van der Waals surface area contributed by atoms with Crippen LogP contribution in [0.2, 0.25) is 0 Å². The van der Waals surface area contributed by atoms with Crippen LogP contribution in [0.3, 0.4) is 0 Å². The van der Waals surface area contributed by atoms with Gasteiger partial charge >= 0.3 is 0 Å². The summed E-state index contributed by atoms with van der Waals surface area (Å²) < 4.78 is 54.6. The lowest BCUT2D eigenvalue weighted by Crippen LogP contribution is -1.98. The van der Waals surface area contributed by atoms with Crippen molar-refractivity contribution in [3.05, 3.63) is 77.5 Å². The molecule has 2 nitrogen and oxygen atoms in total. The Bertz CT molecular complexity index is 912. The van der Waals surface area contributed by atoms with E-state index in [0.29, 0.717) is 0 Å². The van der Waals surface area contributed by atoms with Crippen LogP contribution >= 0.6 is 0 Å². The molecule has 0 bridgehead atoms. The van der Waals surface area contributed by atoms with Crippen LogP contribution in [-0.4, -0.2) is 10.1 Å². The van der Waals surface area contributed by atoms with Gasteiger partial charge < -0.3 is 5.11 Å². The monoisotopic (exact) mass is 333 g/mol. The maximum Gasteiger partial charge on any atom is 0.168 e. The van der Waals surface area contributed by atoms with Crippen molar-refractivity contribution < 1.29 is 22.7 Å². The normalized spacial score (nSPS) is 10.9. The van der Waals surface area contributed by atoms with Gasteiger partial charge in [0.1, 0.15) is 0 Å². The zero-order valence-corrected chi connectivity index (χ0v) is 12.2. The highest BCUT2D eigenvalue weighted by atomic mass is 19.2. The minimum Gasteiger partial charge on any atom is -0.392 e. The fourth-order valence-electron chi connectivity index (χ4n) is 2.43. The molecule has 0 aliphatic carbocycles. The molecule has 0 fully saturated rings. The fourth-order valence-corrected chi connectivity index (χ4v) is 2.43. The number of nitrogens with zero attached hydrogens (tertiary/aromatic N) is 1. The zero-order valence-electron chi connectivity index (χ0n) is 12.2. The van der Waals surface area contributed by atoms with Crippen LogP contribution in [0, 0.1) is 23.3 Å². The first kappa shape index (κ1) is 16.1. The van der Waals surface area contributed by atoms with Crippen molar-refractivity contribution in [2.24, 2.45) is 0 Å². The van der Waals surface area contributed by atoms with Gasteiger partial charge in [0.25, 0.3) is 0 Å². The van der Waals surface area contributed by atoms with E-state index in [1.807, 2.05) is 0 Å². The highest BCUT2D eigenvalue weighted by molar-refractivity contribution is 5.71. The van der Waals surface area contributed by atoms with Gasteiger partial charge in [-0.3, -0.25) is 4.98 Å². The van der Waals surface area contributed by atoms with E-state index in [0.717, 1.165) is 12.1 Å². The second-order valence-electron chi connectivity index (χ2n) is 5.09. The Balaban J connectivity index is 2.16. The van der Waals surface area contributed by atoms with Crippen LogP contribution in [0.25, 0.3) is 22.4 Å². The summed E-state index contributed by atoms with van der Waals surface area (Å²) in [6.45, 7) is -0.502. The van der Waals surface area contributed by atoms with Crippen LogP contribution in [0.4, 0.5) is 17.6 Å². The molecule has 0 aliphatic heterocycles. The molecule has 6 heteroatoms. The van der Waals surface area contributed by atoms with Gasteiger partial charge in [-0.2, -0.15) is 0 Å². The number of hydrogen-bond acceptors (Lipinski definition) is 2. The molecule has 3 rings (SSSR count). The third-order valence-corrected chi connectivity index (χ3v) is 3.63. The topological polar surface area (TPSA) is 33.1 Å². The summed E-state index contributed by atoms with van der Waals surface area (Å²) in [5.41, 5.74) is 0.314. The van der Waals surface area contributed by atoms with E-state index in [1.54, 1.807) is 0 Å². The van der Waals surface area contributed by atoms with Crippen molar-refractivity contribution in [1.29, 1.82) is 0 Å². The predicted octanol–water partition coefficient (Wildman–Crippen LogP) is 4.46. The summed E-state index contributed by atoms with van der Waals surface area (Å²) in [5.74, 6) is -4.20. The molecule has 1 aromatic heterocycles. The molecule has 0 atom stereocenters. The van der Waals surface area contributed by atoms with Crippen LogP contribution in [0.15, 0.2) is 48.7 Å². The smallest absolute Gasteiger partial charge is 0.168 e. The molecule has 1 heterocycles. The molecule has 0 saturated heterocycles. The number of aromatic nitrogens is 1. The summed E-state index contributed by atoms with van der Waals surface area (Å²) in [4.78, 5) is 4.00. The van der Waals surface area contributed by atoms with Gasteiger partial charge in [0, 0.05) is 22.9 Å². The Hall–Kier alpha value is -2.73. The van der Waals surface area contributed by atoms with Crippen molar-refractivity contribution in [1.82, 2.24) is 4.98 Å². The minimum absolute atomic E-state index is 0.0715. The maximum atomic E-state index is 14.0. The number of halogens is 4. The van der Waals surface area contributed by atoms with Gasteiger partial charge in [0.15, 0.2) is 23.3 Å². The Morgan fingerprint density at radius 1 is 0.792 bits per heavy atom. The van der Waals surface area contributed by atoms with Crippen LogP contribution in [0.5, 0.6) is 0 Å². The number of pyridine rings is 1. The first-order chi connectivity index (χ1) is 11.5. The Morgan fingerprint density at radius 2 is 1.38 bits per heavy atom. The van der Waals surface area contributed by atoms with Crippen LogP contribution in [0.1, 0.15) is 5.56 Å². The van der Waals surface area contributed by atoms with Crippen molar-refractivity contribution in [2.45, 2.75) is 6.61 Å². The average molecular weight is 333 g/mol. The van der Waals surface area contributed by atoms with E-state index in [-0.39, 0.29) is 27.9 Å². The molecule has 0 spiro atoms. The van der Waals surface area contributed by atoms with E-state index in [4.69, 9.17) is 0 Å². The predicted molar refractivity (Wildman–Crippen MR) is 80.9 cm³/mol. The van der Waals surface area contributed by atoms with Gasteiger partial charge in [0.2, 0.25) is 0 Å². The van der Waals surface area contributed by atoms with E-state index in [9.17, 15) is 22.7 Å². The molecule has 0 aliphatic rings. The third kappa shape index (κ3) is 2.76. The molecule has 2 aromatic carbocycles. The molecule has 0 saturated carbocycles. The largest absolute Gasteiger partial charge is 0.392 e. The quantitative estimate of drug-likeness (QED) is 0.718. The zero-order chi connectivity index (χ0) is 17.3. The summed E-state index contributed by atoms with van der Waals surface area (Å²) in [7, 11) is 0. The van der Waals surface area contributed by atoms with Gasteiger partial charge in [-0.1, -0.05) is 18.2 Å². The number of benzene rings is 2. The maximum absolute atomic E-state index is 14.0. The number of rotatable bonds is 3. The summed E-state index contributed by atoms with van der Waals surface area (Å²) in [5, 5.41) is 9.52. The number of aliphatic hydroxyl groups is 1. The lowest BCUT2D eigenvalue weighted by atomic mass is 9.99. The van der Waals surface area contributed by atoms with Gasteiger partial charge in [0.05, 0.1) is 12.3 Å². The van der Waals surface area contributed by atoms with Crippen molar-refractivity contribution >= 4 is 0 Å². The Labute approximate surface area is 135 Å². The second kappa shape index (κ2) is 6.41. The molecule has 0 radical (unpaired) electrons. The summed E-state index contributed by atoms with van der Waals surface area (Å²) >= 11 is 0. The van der Waals surface area contributed by atoms with Gasteiger partial charge in [-0.25, -0.2) is 17.6 Å². The van der Waals surface area contributed by atoms with Crippen molar-refractivity contribution in [2.75, 3.05) is 0 Å². The second-order valence-corrected chi connectivity index (χ2v) is 5.09. The lowest BCUT2D eigenvalue weighted by molar-refractivity contribution is 0.282. The number of aliphatic hydroxyl groups excluding tert-OH is 1. The third-order valence-electron chi connectivity index (χ3n) is 3.63. The lowest BCUT2D eigenvalue weighted by Gasteiger charge is -2.11. The SMILES string of the molecule is OCc1cc(-c2cccc(F)c2F)ncc1-c1cccc(F)c1F. The molecule has 0 unspecified atom stereocenters. The minimum atomic E-state index is -1.07. The molecular formula is C18H11F4NO. The first-order valence-electron chi connectivity index (χ1n) is 7.01. The Morgan fingerprint density at radius 3 is 2.00 bits per heavy atom. The van der Waals surface area contributed by atoms with Gasteiger partial charge in [-0.15, -0.1) is 0 Å². The molecule has 1 N–H and O–H groups in total. The van der Waals surface area contributed by atoms with E-state index in [1.165, 1.54) is 36.5 Å². The highest BCUT2D eigenvalue weighted by Gasteiger charge is 2.16. The van der Waals surface area contributed by atoms with Crippen molar-refractivity contribution in [3.8, 4) is 22.4 Å². The number of hydrogen-bond donors (Lipinski definition) is 1. The standard InChI is InChI=1S/C18H11F4NO/c19-14-5-1-3-11(17(14)21)13-8-23-16(7-10(13)9-24)12-4-2-6-15(20)18(12)22/h1-8,24H,9H2. The van der Waals surface area contributed by atoms with Crippen LogP contribution in [-0.2, 0) is 6.61 Å². The van der Waals surface area contributed by atoms with E-state index < -0.39 is 29.9 Å². The molecular weight excluding hydrogens is 322 g/mol. The molecule has 24 heavy (non-hydrogen) atoms. The first-order valence-corrected chi connectivity index (χ1v) is 7.01. The summed E-state index contributed by atoms with van der Waals surface area (Å²) in [6, 6.07) is 8.60. The fraction of sp³-hybridized carbons (Fsp3) is 0.0556. The highest BCUT2D eigenvalue weighted by Crippen LogP contribution is 2.31. The molecule has 3 aromatic rings.